The van der Waals surface area contributed by atoms with E-state index in [9.17, 15) is 9.59 Å². The van der Waals surface area contributed by atoms with E-state index in [0.29, 0.717) is 34.5 Å². The highest BCUT2D eigenvalue weighted by atomic mass is 16.6. The Kier molecular flexibility index (Phi) is 5.49. The van der Waals surface area contributed by atoms with Crippen LogP contribution in [0.15, 0.2) is 24.8 Å². The molecule has 6 rings (SSSR count). The molecule has 38 heavy (non-hydrogen) atoms. The van der Waals surface area contributed by atoms with Crippen molar-refractivity contribution in [1.82, 2.24) is 19.9 Å². The van der Waals surface area contributed by atoms with Gasteiger partial charge in [0, 0.05) is 50.5 Å². The smallest absolute Gasteiger partial charge is 0.348 e. The minimum Gasteiger partial charge on any atom is -0.389 e. The lowest BCUT2D eigenvalue weighted by atomic mass is 9.97. The topological polar surface area (TPSA) is 101 Å². The largest absolute Gasteiger partial charge is 0.389 e. The number of carbonyl (C=O) groups is 2. The van der Waals surface area contributed by atoms with Crippen LogP contribution in [-0.4, -0.2) is 31.9 Å². The molecule has 7 nitrogen and oxygen atoms in total. The van der Waals surface area contributed by atoms with Gasteiger partial charge in [-0.25, -0.2) is 9.78 Å². The van der Waals surface area contributed by atoms with Crippen LogP contribution in [0.2, 0.25) is 0 Å². The number of esters is 2. The molecule has 0 aliphatic carbocycles. The predicted molar refractivity (Wildman–Crippen MR) is 149 cm³/mol. The molecular formula is C31H30N4O3. The van der Waals surface area contributed by atoms with Gasteiger partial charge < -0.3 is 14.7 Å². The molecule has 3 aliphatic heterocycles. The van der Waals surface area contributed by atoms with Crippen LogP contribution in [0, 0.1) is 13.8 Å². The normalized spacial score (nSPS) is 17.0. The van der Waals surface area contributed by atoms with E-state index in [1.807, 2.05) is 19.1 Å². The number of nitrogens with one attached hydrogen (secondary N) is 2. The van der Waals surface area contributed by atoms with E-state index >= 15 is 0 Å². The molecule has 0 aromatic carbocycles. The Morgan fingerprint density at radius 3 is 2.50 bits per heavy atom. The van der Waals surface area contributed by atoms with E-state index in [1.165, 1.54) is 5.56 Å². The number of hydrogen-bond donors (Lipinski definition) is 2. The lowest BCUT2D eigenvalue weighted by molar-refractivity contribution is -0.154. The van der Waals surface area contributed by atoms with Crippen molar-refractivity contribution in [1.29, 1.82) is 0 Å². The van der Waals surface area contributed by atoms with Crippen molar-refractivity contribution in [2.24, 2.45) is 0 Å². The molecule has 7 heteroatoms. The number of fused-ring (bicyclic) bond motifs is 8. The van der Waals surface area contributed by atoms with Crippen molar-refractivity contribution >= 4 is 51.2 Å². The number of rotatable bonds is 2. The summed E-state index contributed by atoms with van der Waals surface area (Å²) in [6.07, 6.45) is 3.33. The van der Waals surface area contributed by atoms with Gasteiger partial charge >= 0.3 is 11.9 Å². The fourth-order valence-electron chi connectivity index (χ4n) is 5.91. The first kappa shape index (κ1) is 24.1. The summed E-state index contributed by atoms with van der Waals surface area (Å²) in [5.74, 6) is -1.09. The number of aryl methyl sites for hydroxylation is 3. The van der Waals surface area contributed by atoms with Crippen LogP contribution >= 0.6 is 0 Å². The van der Waals surface area contributed by atoms with Crippen molar-refractivity contribution in [3.8, 4) is 0 Å². The van der Waals surface area contributed by atoms with Crippen LogP contribution in [0.1, 0.15) is 77.3 Å². The van der Waals surface area contributed by atoms with Gasteiger partial charge in [0.2, 0.25) is 0 Å². The quantitative estimate of drug-likeness (QED) is 0.326. The molecule has 0 amide bonds. The number of aromatic amines is 2. The summed E-state index contributed by atoms with van der Waals surface area (Å²) in [6.45, 7) is 14.4. The van der Waals surface area contributed by atoms with Crippen molar-refractivity contribution in [2.75, 3.05) is 0 Å². The summed E-state index contributed by atoms with van der Waals surface area (Å²) in [5, 5.41) is 0. The monoisotopic (exact) mass is 506 g/mol. The standard InChI is InChI=1S/C31H30N4O3/c1-7-18-15(4)22-11-21-14(3)9-25(32-21)20-10-28(36)38-31(37)29-17(6)24(35-30(20)29)13-27-19(8-2)16(5)23(34-27)12-26(18)33-22/h7,11-14,33-34H,1,8-10H2,2-6H3. The van der Waals surface area contributed by atoms with Gasteiger partial charge in [-0.3, -0.25) is 9.78 Å². The van der Waals surface area contributed by atoms with Crippen molar-refractivity contribution < 1.29 is 14.3 Å². The van der Waals surface area contributed by atoms with Gasteiger partial charge in [0.25, 0.3) is 0 Å². The maximum absolute atomic E-state index is 13.0. The van der Waals surface area contributed by atoms with E-state index in [2.05, 4.69) is 56.4 Å². The van der Waals surface area contributed by atoms with E-state index < -0.39 is 11.9 Å². The minimum absolute atomic E-state index is 0.0410. The molecule has 1 unspecified atom stereocenters. The molecule has 3 aliphatic rings. The highest BCUT2D eigenvalue weighted by Gasteiger charge is 2.35. The molecule has 3 aromatic heterocycles. The zero-order valence-electron chi connectivity index (χ0n) is 22.3. The zero-order chi connectivity index (χ0) is 26.9. The van der Waals surface area contributed by atoms with Gasteiger partial charge in [0.05, 0.1) is 23.4 Å². The van der Waals surface area contributed by atoms with Crippen LogP contribution < -0.4 is 0 Å². The fourth-order valence-corrected chi connectivity index (χ4v) is 5.91. The van der Waals surface area contributed by atoms with E-state index in [0.717, 1.165) is 56.6 Å². The Labute approximate surface area is 220 Å². The van der Waals surface area contributed by atoms with Crippen LogP contribution in [0.5, 0.6) is 0 Å². The van der Waals surface area contributed by atoms with Crippen LogP contribution in [0.4, 0.5) is 0 Å². The van der Waals surface area contributed by atoms with Crippen LogP contribution in [-0.2, 0) is 33.6 Å². The molecule has 0 saturated carbocycles. The van der Waals surface area contributed by atoms with E-state index in [1.54, 1.807) is 0 Å². The van der Waals surface area contributed by atoms with Crippen LogP contribution in [0.25, 0.3) is 39.3 Å². The Hall–Kier alpha value is -4.26. The first-order chi connectivity index (χ1) is 18.2. The zero-order valence-corrected chi connectivity index (χ0v) is 22.3. The number of cyclic esters (lactones) is 2. The molecule has 2 N–H and O–H groups in total. The second kappa shape index (κ2) is 8.65. The molecule has 192 valence electrons. The third-order valence-corrected chi connectivity index (χ3v) is 8.10. The van der Waals surface area contributed by atoms with Gasteiger partial charge in [-0.1, -0.05) is 26.5 Å². The number of aromatic nitrogens is 4. The Morgan fingerprint density at radius 2 is 1.76 bits per heavy atom. The Morgan fingerprint density at radius 1 is 1.03 bits per heavy atom. The summed E-state index contributed by atoms with van der Waals surface area (Å²) in [6, 6.07) is 6.21. The lowest BCUT2D eigenvalue weighted by Gasteiger charge is -2.02. The lowest BCUT2D eigenvalue weighted by Crippen LogP contribution is -2.11. The van der Waals surface area contributed by atoms with E-state index in [-0.39, 0.29) is 12.3 Å². The summed E-state index contributed by atoms with van der Waals surface area (Å²) in [7, 11) is 0. The first-order valence-electron chi connectivity index (χ1n) is 13.0. The second-order valence-electron chi connectivity index (χ2n) is 10.4. The van der Waals surface area contributed by atoms with Gasteiger partial charge in [-0.2, -0.15) is 0 Å². The number of H-pyrrole nitrogens is 2. The molecule has 6 heterocycles. The van der Waals surface area contributed by atoms with Crippen molar-refractivity contribution in [3.63, 3.8) is 0 Å². The van der Waals surface area contributed by atoms with Gasteiger partial charge in [0.15, 0.2) is 0 Å². The van der Waals surface area contributed by atoms with Crippen LogP contribution in [0.3, 0.4) is 0 Å². The summed E-state index contributed by atoms with van der Waals surface area (Å²) in [4.78, 5) is 42.7. The summed E-state index contributed by atoms with van der Waals surface area (Å²) in [5.41, 5.74) is 13.0. The number of ether oxygens (including phenoxy) is 1. The highest BCUT2D eigenvalue weighted by molar-refractivity contribution is 6.28. The number of carbonyl (C=O) groups excluding carboxylic acids is 2. The highest BCUT2D eigenvalue weighted by Crippen LogP contribution is 2.38. The second-order valence-corrected chi connectivity index (χ2v) is 10.4. The molecule has 8 bridgehead atoms. The predicted octanol–water partition coefficient (Wildman–Crippen LogP) is 6.04. The third kappa shape index (κ3) is 3.56. The molecule has 0 spiro atoms. The van der Waals surface area contributed by atoms with Gasteiger partial charge in [-0.05, 0) is 74.1 Å². The third-order valence-electron chi connectivity index (χ3n) is 8.10. The maximum Gasteiger partial charge on any atom is 0.348 e. The van der Waals surface area contributed by atoms with Gasteiger partial charge in [-0.15, -0.1) is 0 Å². The van der Waals surface area contributed by atoms with Crippen molar-refractivity contribution in [2.45, 2.75) is 59.8 Å². The summed E-state index contributed by atoms with van der Waals surface area (Å²) < 4.78 is 5.18. The van der Waals surface area contributed by atoms with E-state index in [4.69, 9.17) is 14.7 Å². The first-order valence-corrected chi connectivity index (χ1v) is 13.0. The molecule has 0 saturated heterocycles. The Bertz CT molecular complexity index is 1780. The minimum atomic E-state index is -0.649. The number of allylic oxidation sites excluding steroid dienone is 1. The molecule has 3 aromatic rings. The molecular weight excluding hydrogens is 476 g/mol. The molecule has 0 radical (unpaired) electrons. The Balaban J connectivity index is 1.84. The fraction of sp³-hybridized carbons (Fsp3) is 0.290. The summed E-state index contributed by atoms with van der Waals surface area (Å²) >= 11 is 0. The average Bonchev–Trinajstić information content (AvgIpc) is 3.54. The maximum atomic E-state index is 13.0. The van der Waals surface area contributed by atoms with Gasteiger partial charge in [0.1, 0.15) is 0 Å². The number of nitrogens with zero attached hydrogens (tertiary/aromatic N) is 2. The molecule has 0 fully saturated rings. The average molecular weight is 507 g/mol. The SMILES string of the molecule is C=Cc1c(C)c2cc3nc(c4c5nc(cc6[nH]c(cc1[nH]2)c(C)c6CC)C(C)=C5C(=O)OC(=O)C4)CC3C. The number of hydrogen-bond acceptors (Lipinski definition) is 5. The molecule has 1 atom stereocenters. The van der Waals surface area contributed by atoms with Crippen molar-refractivity contribution in [3.05, 3.63) is 75.4 Å².